The van der Waals surface area contributed by atoms with Crippen LogP contribution in [0.25, 0.3) is 10.9 Å². The maximum Gasteiger partial charge on any atom is 0.253 e. The third-order valence-electron chi connectivity index (χ3n) is 5.71. The van der Waals surface area contributed by atoms with E-state index in [0.29, 0.717) is 44.2 Å². The summed E-state index contributed by atoms with van der Waals surface area (Å²) in [5, 5.41) is 13.6. The van der Waals surface area contributed by atoms with Crippen molar-refractivity contribution >= 4 is 10.9 Å². The molecule has 3 heterocycles. The van der Waals surface area contributed by atoms with Gasteiger partial charge in [0.15, 0.2) is 5.82 Å². The molecule has 1 N–H and O–H groups in total. The van der Waals surface area contributed by atoms with Gasteiger partial charge in [0.2, 0.25) is 0 Å². The molecular formula is C23H24N6O2. The van der Waals surface area contributed by atoms with Gasteiger partial charge in [0, 0.05) is 24.2 Å². The molecular weight excluding hydrogens is 392 g/mol. The zero-order valence-corrected chi connectivity index (χ0v) is 17.4. The van der Waals surface area contributed by atoms with Crippen LogP contribution in [0.15, 0.2) is 59.4 Å². The summed E-state index contributed by atoms with van der Waals surface area (Å²) in [6.45, 7) is 5.21. The summed E-state index contributed by atoms with van der Waals surface area (Å²) in [4.78, 5) is 18.4. The van der Waals surface area contributed by atoms with Gasteiger partial charge in [-0.05, 0) is 46.5 Å². The molecule has 0 radical (unpaired) electrons. The molecule has 8 heteroatoms. The zero-order chi connectivity index (χ0) is 21.2. The van der Waals surface area contributed by atoms with Crippen LogP contribution in [-0.4, -0.2) is 56.4 Å². The molecule has 1 atom stereocenters. The molecule has 2 aromatic heterocycles. The Labute approximate surface area is 179 Å². The Morgan fingerprint density at radius 2 is 1.90 bits per heavy atom. The second kappa shape index (κ2) is 8.41. The van der Waals surface area contributed by atoms with E-state index in [9.17, 15) is 4.79 Å². The molecule has 2 aromatic carbocycles. The minimum absolute atomic E-state index is 0.123. The van der Waals surface area contributed by atoms with Crippen molar-refractivity contribution in [3.05, 3.63) is 87.5 Å². The fourth-order valence-electron chi connectivity index (χ4n) is 4.16. The second-order valence-electron chi connectivity index (χ2n) is 7.88. The molecule has 8 nitrogen and oxygen atoms in total. The van der Waals surface area contributed by atoms with Gasteiger partial charge in [-0.15, -0.1) is 5.10 Å². The Bertz CT molecular complexity index is 1240. The van der Waals surface area contributed by atoms with E-state index in [1.54, 1.807) is 4.68 Å². The van der Waals surface area contributed by atoms with Crippen molar-refractivity contribution in [2.45, 2.75) is 19.5 Å². The highest BCUT2D eigenvalue weighted by Gasteiger charge is 2.31. The monoisotopic (exact) mass is 416 g/mol. The van der Waals surface area contributed by atoms with Crippen LogP contribution in [-0.2, 0) is 11.3 Å². The molecule has 31 heavy (non-hydrogen) atoms. The van der Waals surface area contributed by atoms with Gasteiger partial charge < -0.3 is 9.72 Å². The number of aryl methyl sites for hydroxylation is 1. The fraction of sp³-hybridized carbons (Fsp3) is 0.304. The van der Waals surface area contributed by atoms with Gasteiger partial charge in [0.05, 0.1) is 19.8 Å². The number of H-pyrrole nitrogens is 1. The van der Waals surface area contributed by atoms with E-state index in [-0.39, 0.29) is 11.6 Å². The van der Waals surface area contributed by atoms with Crippen LogP contribution in [0.1, 0.15) is 28.6 Å². The number of hydrogen-bond donors (Lipinski definition) is 1. The van der Waals surface area contributed by atoms with Crippen molar-refractivity contribution in [2.24, 2.45) is 0 Å². The maximum atomic E-state index is 13.2. The number of aromatic amines is 1. The van der Waals surface area contributed by atoms with E-state index < -0.39 is 0 Å². The van der Waals surface area contributed by atoms with E-state index in [1.807, 2.05) is 55.5 Å². The molecule has 1 fully saturated rings. The number of rotatable bonds is 5. The Kier molecular flexibility index (Phi) is 5.31. The highest BCUT2D eigenvalue weighted by Crippen LogP contribution is 2.28. The van der Waals surface area contributed by atoms with Crippen molar-refractivity contribution < 1.29 is 4.74 Å². The molecule has 1 aliphatic rings. The summed E-state index contributed by atoms with van der Waals surface area (Å²) in [5.74, 6) is 0.656. The molecule has 0 amide bonds. The average molecular weight is 416 g/mol. The third-order valence-corrected chi connectivity index (χ3v) is 5.71. The third kappa shape index (κ3) is 3.99. The van der Waals surface area contributed by atoms with Crippen molar-refractivity contribution in [3.8, 4) is 0 Å². The number of tetrazole rings is 1. The fourth-order valence-corrected chi connectivity index (χ4v) is 4.16. The molecule has 4 aromatic rings. The topological polar surface area (TPSA) is 88.9 Å². The Balaban J connectivity index is 1.63. The van der Waals surface area contributed by atoms with E-state index in [4.69, 9.17) is 4.74 Å². The molecule has 0 unspecified atom stereocenters. The Morgan fingerprint density at radius 1 is 1.10 bits per heavy atom. The van der Waals surface area contributed by atoms with Gasteiger partial charge >= 0.3 is 0 Å². The van der Waals surface area contributed by atoms with Crippen LogP contribution in [0.3, 0.4) is 0 Å². The average Bonchev–Trinajstić information content (AvgIpc) is 3.24. The SMILES string of the molecule is Cc1ccc2[nH]c(=O)c([C@@H](c3nnnn3Cc3ccccc3)N3CCOCC3)cc2c1. The highest BCUT2D eigenvalue weighted by molar-refractivity contribution is 5.79. The zero-order valence-electron chi connectivity index (χ0n) is 17.4. The lowest BCUT2D eigenvalue weighted by molar-refractivity contribution is 0.0214. The standard InChI is InChI=1S/C23H24N6O2/c1-16-7-8-20-18(13-16)14-19(23(30)24-20)21(28-9-11-31-12-10-28)22-25-26-27-29(22)15-17-5-3-2-4-6-17/h2-8,13-14,21H,9-12,15H2,1H3,(H,24,30)/t21-/m0/s1. The highest BCUT2D eigenvalue weighted by atomic mass is 16.5. The summed E-state index contributed by atoms with van der Waals surface area (Å²) >= 11 is 0. The summed E-state index contributed by atoms with van der Waals surface area (Å²) in [5.41, 5.74) is 3.58. The molecule has 0 aliphatic carbocycles. The van der Waals surface area contributed by atoms with Crippen LogP contribution in [0, 0.1) is 6.92 Å². The lowest BCUT2D eigenvalue weighted by Crippen LogP contribution is -2.42. The summed E-state index contributed by atoms with van der Waals surface area (Å²) in [7, 11) is 0. The normalized spacial score (nSPS) is 15.9. The number of nitrogens with one attached hydrogen (secondary N) is 1. The molecule has 1 saturated heterocycles. The van der Waals surface area contributed by atoms with Crippen molar-refractivity contribution in [1.82, 2.24) is 30.1 Å². The number of hydrogen-bond acceptors (Lipinski definition) is 6. The molecule has 0 spiro atoms. The predicted octanol–water partition coefficient (Wildman–Crippen LogP) is 2.29. The van der Waals surface area contributed by atoms with E-state index in [2.05, 4.69) is 31.5 Å². The van der Waals surface area contributed by atoms with Gasteiger partial charge in [-0.25, -0.2) is 4.68 Å². The number of fused-ring (bicyclic) bond motifs is 1. The summed E-state index contributed by atoms with van der Waals surface area (Å²) < 4.78 is 7.35. The number of pyridine rings is 1. The van der Waals surface area contributed by atoms with Crippen molar-refractivity contribution in [1.29, 1.82) is 0 Å². The maximum absolute atomic E-state index is 13.2. The molecule has 0 saturated carbocycles. The Morgan fingerprint density at radius 3 is 2.71 bits per heavy atom. The minimum atomic E-state index is -0.365. The number of ether oxygens (including phenoxy) is 1. The van der Waals surface area contributed by atoms with Crippen LogP contribution < -0.4 is 5.56 Å². The van der Waals surface area contributed by atoms with Gasteiger partial charge in [0.1, 0.15) is 6.04 Å². The number of nitrogens with zero attached hydrogens (tertiary/aromatic N) is 5. The molecule has 1 aliphatic heterocycles. The van der Waals surface area contributed by atoms with Crippen LogP contribution in [0.2, 0.25) is 0 Å². The first kappa shape index (κ1) is 19.6. The lowest BCUT2D eigenvalue weighted by Gasteiger charge is -2.33. The van der Waals surface area contributed by atoms with Crippen LogP contribution in [0.4, 0.5) is 0 Å². The van der Waals surface area contributed by atoms with Gasteiger partial charge in [-0.1, -0.05) is 42.0 Å². The summed E-state index contributed by atoms with van der Waals surface area (Å²) in [6.07, 6.45) is 0. The van der Waals surface area contributed by atoms with Crippen LogP contribution >= 0.6 is 0 Å². The van der Waals surface area contributed by atoms with E-state index >= 15 is 0 Å². The van der Waals surface area contributed by atoms with E-state index in [1.165, 1.54) is 0 Å². The first-order chi connectivity index (χ1) is 15.2. The predicted molar refractivity (Wildman–Crippen MR) is 117 cm³/mol. The number of morpholine rings is 1. The lowest BCUT2D eigenvalue weighted by atomic mass is 10.0. The van der Waals surface area contributed by atoms with Crippen molar-refractivity contribution in [2.75, 3.05) is 26.3 Å². The summed E-state index contributed by atoms with van der Waals surface area (Å²) in [6, 6.07) is 17.7. The van der Waals surface area contributed by atoms with Gasteiger partial charge in [-0.2, -0.15) is 0 Å². The molecule has 5 rings (SSSR count). The number of benzene rings is 2. The quantitative estimate of drug-likeness (QED) is 0.537. The molecule has 158 valence electrons. The Hall–Kier alpha value is -3.36. The van der Waals surface area contributed by atoms with Gasteiger partial charge in [0.25, 0.3) is 5.56 Å². The smallest absolute Gasteiger partial charge is 0.253 e. The van der Waals surface area contributed by atoms with Gasteiger partial charge in [-0.3, -0.25) is 9.69 Å². The van der Waals surface area contributed by atoms with E-state index in [0.717, 1.165) is 22.0 Å². The first-order valence-corrected chi connectivity index (χ1v) is 10.4. The first-order valence-electron chi connectivity index (χ1n) is 10.4. The molecule has 0 bridgehead atoms. The van der Waals surface area contributed by atoms with Crippen molar-refractivity contribution in [3.63, 3.8) is 0 Å². The van der Waals surface area contributed by atoms with Crippen LogP contribution in [0.5, 0.6) is 0 Å². The second-order valence-corrected chi connectivity index (χ2v) is 7.88. The minimum Gasteiger partial charge on any atom is -0.379 e. The number of aromatic nitrogens is 5. The largest absolute Gasteiger partial charge is 0.379 e.